The fourth-order valence-corrected chi connectivity index (χ4v) is 4.94. The van der Waals surface area contributed by atoms with Gasteiger partial charge in [-0.2, -0.15) is 0 Å². The number of aryl methyl sites for hydroxylation is 2. The fourth-order valence-electron chi connectivity index (χ4n) is 3.04. The number of fused-ring (bicyclic) bond motifs is 1. The van der Waals surface area contributed by atoms with Gasteiger partial charge in [-0.25, -0.2) is 14.6 Å². The molecule has 32 heavy (non-hydrogen) atoms. The van der Waals surface area contributed by atoms with Gasteiger partial charge in [0.05, 0.1) is 22.6 Å². The number of nitro groups is 1. The second-order valence-electron chi connectivity index (χ2n) is 6.77. The summed E-state index contributed by atoms with van der Waals surface area (Å²) >= 11 is 2.67. The van der Waals surface area contributed by atoms with Gasteiger partial charge in [-0.1, -0.05) is 23.9 Å². The van der Waals surface area contributed by atoms with E-state index in [2.05, 4.69) is 4.98 Å². The molecule has 0 aliphatic rings. The van der Waals surface area contributed by atoms with Crippen LogP contribution in [-0.4, -0.2) is 27.1 Å². The number of para-hydroxylation sites is 2. The molecule has 0 unspecified atom stereocenters. The summed E-state index contributed by atoms with van der Waals surface area (Å²) in [6, 6.07) is 11.1. The molecule has 0 saturated carbocycles. The van der Waals surface area contributed by atoms with Gasteiger partial charge in [0.2, 0.25) is 0 Å². The Balaban J connectivity index is 1.45. The van der Waals surface area contributed by atoms with Crippen LogP contribution in [0.3, 0.4) is 0 Å². The van der Waals surface area contributed by atoms with E-state index in [1.54, 1.807) is 24.3 Å². The zero-order valence-electron chi connectivity index (χ0n) is 16.8. The minimum Gasteiger partial charge on any atom is -0.462 e. The first kappa shape index (κ1) is 21.8. The van der Waals surface area contributed by atoms with Crippen LogP contribution in [-0.2, 0) is 11.3 Å². The van der Waals surface area contributed by atoms with Crippen molar-refractivity contribution in [2.75, 3.05) is 6.61 Å². The predicted octanol–water partition coefficient (Wildman–Crippen LogP) is 4.67. The first-order chi connectivity index (χ1) is 15.4. The number of benzene rings is 2. The number of esters is 1. The van der Waals surface area contributed by atoms with Gasteiger partial charge in [-0.05, 0) is 31.5 Å². The van der Waals surface area contributed by atoms with Crippen LogP contribution in [0.25, 0.3) is 11.1 Å². The molecule has 0 bridgehead atoms. The number of carbonyl (C=O) groups is 1. The lowest BCUT2D eigenvalue weighted by molar-refractivity contribution is -0.384. The van der Waals surface area contributed by atoms with E-state index >= 15 is 0 Å². The summed E-state index contributed by atoms with van der Waals surface area (Å²) in [5.74, 6) is -1.15. The van der Waals surface area contributed by atoms with Gasteiger partial charge in [-0.3, -0.25) is 14.7 Å². The van der Waals surface area contributed by atoms with E-state index in [1.807, 2.05) is 12.3 Å². The van der Waals surface area contributed by atoms with Crippen molar-refractivity contribution in [3.63, 3.8) is 0 Å². The Hall–Kier alpha value is -3.44. The van der Waals surface area contributed by atoms with Crippen LogP contribution >= 0.6 is 23.1 Å². The monoisotopic (exact) mass is 471 g/mol. The van der Waals surface area contributed by atoms with Crippen molar-refractivity contribution in [1.82, 2.24) is 9.55 Å². The van der Waals surface area contributed by atoms with Gasteiger partial charge in [0, 0.05) is 34.6 Å². The molecule has 2 aromatic heterocycles. The molecule has 0 amide bonds. The third kappa shape index (κ3) is 4.73. The summed E-state index contributed by atoms with van der Waals surface area (Å²) in [6.07, 6.45) is 0.373. The van der Waals surface area contributed by atoms with Crippen molar-refractivity contribution in [2.45, 2.75) is 29.1 Å². The van der Waals surface area contributed by atoms with Gasteiger partial charge >= 0.3 is 11.7 Å². The second-order valence-corrected chi connectivity index (χ2v) is 8.92. The summed E-state index contributed by atoms with van der Waals surface area (Å²) in [7, 11) is 0. The Labute approximate surface area is 189 Å². The number of carbonyl (C=O) groups excluding carboxylic acids is 1. The molecule has 9 nitrogen and oxygen atoms in total. The molecule has 164 valence electrons. The molecule has 0 radical (unpaired) electrons. The largest absolute Gasteiger partial charge is 0.462 e. The van der Waals surface area contributed by atoms with Crippen LogP contribution in [0.2, 0.25) is 0 Å². The van der Waals surface area contributed by atoms with Crippen LogP contribution in [0.1, 0.15) is 22.5 Å². The van der Waals surface area contributed by atoms with Crippen molar-refractivity contribution in [3.05, 3.63) is 79.8 Å². The molecule has 11 heteroatoms. The molecule has 2 heterocycles. The Bertz CT molecular complexity index is 1360. The van der Waals surface area contributed by atoms with E-state index in [-0.39, 0.29) is 17.9 Å². The molecule has 4 rings (SSSR count). The van der Waals surface area contributed by atoms with Crippen molar-refractivity contribution >= 4 is 45.9 Å². The molecule has 0 aliphatic carbocycles. The van der Waals surface area contributed by atoms with Crippen molar-refractivity contribution in [2.24, 2.45) is 0 Å². The number of hydrogen-bond acceptors (Lipinski definition) is 9. The smallest absolute Gasteiger partial charge is 0.419 e. The van der Waals surface area contributed by atoms with E-state index < -0.39 is 16.6 Å². The molecular weight excluding hydrogens is 454 g/mol. The van der Waals surface area contributed by atoms with Gasteiger partial charge in [0.25, 0.3) is 5.69 Å². The number of rotatable bonds is 8. The van der Waals surface area contributed by atoms with Crippen LogP contribution in [0.4, 0.5) is 5.69 Å². The topological polar surface area (TPSA) is 117 Å². The predicted molar refractivity (Wildman–Crippen MR) is 119 cm³/mol. The maximum absolute atomic E-state index is 12.7. The molecule has 0 atom stereocenters. The zero-order valence-corrected chi connectivity index (χ0v) is 18.5. The molecule has 0 aliphatic heterocycles. The molecule has 0 fully saturated rings. The first-order valence-corrected chi connectivity index (χ1v) is 11.3. The average Bonchev–Trinajstić information content (AvgIpc) is 3.33. The maximum atomic E-state index is 12.7. The Morgan fingerprint density at radius 2 is 2.12 bits per heavy atom. The number of hydrogen-bond donors (Lipinski definition) is 0. The number of non-ortho nitro benzene ring substituents is 1. The zero-order chi connectivity index (χ0) is 22.7. The minimum atomic E-state index is -0.672. The molecule has 0 saturated heterocycles. The number of thiazole rings is 1. The summed E-state index contributed by atoms with van der Waals surface area (Å²) < 4.78 is 12.7. The number of oxazole rings is 1. The SMILES string of the molecule is Cc1csc(Sc2ccc([N+](=O)[O-])cc2C(=O)OCCCn2c(=O)oc3ccccc32)n1. The van der Waals surface area contributed by atoms with Gasteiger partial charge in [0.15, 0.2) is 9.92 Å². The maximum Gasteiger partial charge on any atom is 0.419 e. The quantitative estimate of drug-likeness (QED) is 0.158. The van der Waals surface area contributed by atoms with Crippen LogP contribution in [0.15, 0.2) is 66.3 Å². The highest BCUT2D eigenvalue weighted by molar-refractivity contribution is 8.01. The second kappa shape index (κ2) is 9.37. The first-order valence-electron chi connectivity index (χ1n) is 9.56. The average molecular weight is 472 g/mol. The van der Waals surface area contributed by atoms with Crippen LogP contribution in [0, 0.1) is 17.0 Å². The highest BCUT2D eigenvalue weighted by Crippen LogP contribution is 2.34. The number of ether oxygens (including phenoxy) is 1. The van der Waals surface area contributed by atoms with Gasteiger partial charge in [0.1, 0.15) is 0 Å². The lowest BCUT2D eigenvalue weighted by atomic mass is 10.2. The highest BCUT2D eigenvalue weighted by atomic mass is 32.2. The van der Waals surface area contributed by atoms with Gasteiger partial charge in [-0.15, -0.1) is 11.3 Å². The van der Waals surface area contributed by atoms with Crippen LogP contribution in [0.5, 0.6) is 0 Å². The normalized spacial score (nSPS) is 11.0. The molecule has 0 N–H and O–H groups in total. The van der Waals surface area contributed by atoms with Crippen molar-refractivity contribution < 1.29 is 18.9 Å². The molecule has 0 spiro atoms. The molecule has 2 aromatic carbocycles. The molecular formula is C21H17N3O6S2. The Kier molecular flexibility index (Phi) is 6.37. The summed E-state index contributed by atoms with van der Waals surface area (Å²) in [4.78, 5) is 40.2. The summed E-state index contributed by atoms with van der Waals surface area (Å²) in [5, 5.41) is 13.1. The minimum absolute atomic E-state index is 0.0357. The van der Waals surface area contributed by atoms with E-state index in [0.717, 1.165) is 10.0 Å². The van der Waals surface area contributed by atoms with E-state index in [0.29, 0.717) is 29.0 Å². The van der Waals surface area contributed by atoms with Crippen molar-refractivity contribution in [1.29, 1.82) is 0 Å². The van der Waals surface area contributed by atoms with E-state index in [4.69, 9.17) is 9.15 Å². The molecule has 4 aromatic rings. The Morgan fingerprint density at radius 1 is 1.31 bits per heavy atom. The lowest BCUT2D eigenvalue weighted by Crippen LogP contribution is -2.16. The third-order valence-electron chi connectivity index (χ3n) is 4.52. The number of aromatic nitrogens is 2. The van der Waals surface area contributed by atoms with Crippen molar-refractivity contribution in [3.8, 4) is 0 Å². The highest BCUT2D eigenvalue weighted by Gasteiger charge is 2.20. The number of nitro benzene ring substituents is 1. The van der Waals surface area contributed by atoms with Gasteiger partial charge < -0.3 is 9.15 Å². The fraction of sp³-hybridized carbons (Fsp3) is 0.190. The summed E-state index contributed by atoms with van der Waals surface area (Å²) in [6.45, 7) is 2.20. The van der Waals surface area contributed by atoms with Crippen LogP contribution < -0.4 is 5.76 Å². The van der Waals surface area contributed by atoms with E-state index in [1.165, 1.54) is 45.9 Å². The summed E-state index contributed by atoms with van der Waals surface area (Å²) in [5.41, 5.74) is 1.91. The Morgan fingerprint density at radius 3 is 2.88 bits per heavy atom. The third-order valence-corrected chi connectivity index (χ3v) is 6.65. The van der Waals surface area contributed by atoms with E-state index in [9.17, 15) is 19.7 Å². The standard InChI is InChI=1S/C21H17N3O6S2/c1-13-12-31-20(22-13)32-18-8-7-14(24(27)28)11-15(18)19(25)29-10-4-9-23-16-5-2-3-6-17(16)30-21(23)26/h2-3,5-8,11-12H,4,9-10H2,1H3. The number of nitrogens with zero attached hydrogens (tertiary/aromatic N) is 3. The lowest BCUT2D eigenvalue weighted by Gasteiger charge is -2.09.